The minimum Gasteiger partial charge on any atom is -0.373 e. The van der Waals surface area contributed by atoms with Crippen molar-refractivity contribution in [1.29, 1.82) is 0 Å². The van der Waals surface area contributed by atoms with Gasteiger partial charge in [0.1, 0.15) is 6.61 Å². The molecule has 0 aromatic carbocycles. The van der Waals surface area contributed by atoms with E-state index in [0.717, 1.165) is 24.5 Å². The molecule has 4 nitrogen and oxygen atoms in total. The van der Waals surface area contributed by atoms with Gasteiger partial charge in [-0.2, -0.15) is 0 Å². The zero-order valence-corrected chi connectivity index (χ0v) is 9.75. The molecule has 0 radical (unpaired) electrons. The Bertz CT molecular complexity index is 289. The van der Waals surface area contributed by atoms with E-state index in [4.69, 9.17) is 15.0 Å². The molecule has 1 rings (SSSR count). The highest BCUT2D eigenvalue weighted by Gasteiger charge is 2.10. The van der Waals surface area contributed by atoms with Crippen LogP contribution in [0.3, 0.4) is 0 Å². The smallest absolute Gasteiger partial charge is 0.162 e. The lowest BCUT2D eigenvalue weighted by Gasteiger charge is -2.17. The molecule has 0 amide bonds. The van der Waals surface area contributed by atoms with Gasteiger partial charge in [0.05, 0.1) is 5.69 Å². The summed E-state index contributed by atoms with van der Waals surface area (Å²) in [6.07, 6.45) is 1.03. The van der Waals surface area contributed by atoms with Crippen LogP contribution in [0.25, 0.3) is 0 Å². The summed E-state index contributed by atoms with van der Waals surface area (Å²) in [5.41, 5.74) is 6.49. The van der Waals surface area contributed by atoms with Crippen molar-refractivity contribution in [2.45, 2.75) is 40.3 Å². The number of nitrogens with two attached hydrogens (primary N) is 1. The second kappa shape index (κ2) is 5.28. The van der Waals surface area contributed by atoms with Crippen LogP contribution in [-0.4, -0.2) is 11.8 Å². The Morgan fingerprint density at radius 3 is 2.73 bits per heavy atom. The Morgan fingerprint density at radius 1 is 1.47 bits per heavy atom. The molecule has 0 atom stereocenters. The van der Waals surface area contributed by atoms with Gasteiger partial charge >= 0.3 is 0 Å². The predicted octanol–water partition coefficient (Wildman–Crippen LogP) is 2.09. The molecule has 0 bridgehead atoms. The van der Waals surface area contributed by atoms with E-state index < -0.39 is 0 Å². The van der Waals surface area contributed by atoms with Gasteiger partial charge in [0, 0.05) is 19.2 Å². The Kier molecular flexibility index (Phi) is 4.29. The molecule has 0 spiro atoms. The molecule has 15 heavy (non-hydrogen) atoms. The summed E-state index contributed by atoms with van der Waals surface area (Å²) >= 11 is 0. The molecule has 2 N–H and O–H groups in total. The average Bonchev–Trinajstić information content (AvgIpc) is 2.59. The fraction of sp³-hybridized carbons (Fsp3) is 0.727. The van der Waals surface area contributed by atoms with Crippen molar-refractivity contribution in [3.63, 3.8) is 0 Å². The Balaban J connectivity index is 2.20. The fourth-order valence-corrected chi connectivity index (χ4v) is 1.07. The van der Waals surface area contributed by atoms with E-state index in [-0.39, 0.29) is 0 Å². The topological polar surface area (TPSA) is 61.3 Å². The highest BCUT2D eigenvalue weighted by atomic mass is 16.5. The Labute approximate surface area is 90.8 Å². The Hall–Kier alpha value is -0.870. The number of hydrogen-bond acceptors (Lipinski definition) is 4. The predicted molar refractivity (Wildman–Crippen MR) is 58.1 cm³/mol. The van der Waals surface area contributed by atoms with Crippen LogP contribution in [0.5, 0.6) is 0 Å². The van der Waals surface area contributed by atoms with Crippen molar-refractivity contribution in [1.82, 2.24) is 5.16 Å². The fourth-order valence-electron chi connectivity index (χ4n) is 1.07. The SMILES string of the molecule is CC(C)(C)CCOCc1cc(CN)no1. The van der Waals surface area contributed by atoms with Crippen molar-refractivity contribution < 1.29 is 9.26 Å². The van der Waals surface area contributed by atoms with E-state index in [1.165, 1.54) is 0 Å². The summed E-state index contributed by atoms with van der Waals surface area (Å²) in [4.78, 5) is 0. The van der Waals surface area contributed by atoms with E-state index in [1.54, 1.807) is 0 Å². The van der Waals surface area contributed by atoms with Crippen LogP contribution in [0.4, 0.5) is 0 Å². The van der Waals surface area contributed by atoms with Gasteiger partial charge in [-0.1, -0.05) is 25.9 Å². The molecule has 1 heterocycles. The van der Waals surface area contributed by atoms with Gasteiger partial charge in [0.15, 0.2) is 5.76 Å². The first-order valence-electron chi connectivity index (χ1n) is 5.23. The first-order chi connectivity index (χ1) is 7.01. The van der Waals surface area contributed by atoms with Crippen LogP contribution in [0.1, 0.15) is 38.6 Å². The van der Waals surface area contributed by atoms with Crippen LogP contribution in [-0.2, 0) is 17.9 Å². The van der Waals surface area contributed by atoms with E-state index >= 15 is 0 Å². The van der Waals surface area contributed by atoms with Crippen molar-refractivity contribution in [3.8, 4) is 0 Å². The molecule has 1 aromatic heterocycles. The van der Waals surface area contributed by atoms with Crippen molar-refractivity contribution >= 4 is 0 Å². The lowest BCUT2D eigenvalue weighted by molar-refractivity contribution is 0.0806. The quantitative estimate of drug-likeness (QED) is 0.759. The summed E-state index contributed by atoms with van der Waals surface area (Å²) in [6.45, 7) is 8.20. The molecule has 86 valence electrons. The lowest BCUT2D eigenvalue weighted by Crippen LogP contribution is -2.09. The molecule has 0 fully saturated rings. The summed E-state index contributed by atoms with van der Waals surface area (Å²) in [6, 6.07) is 1.83. The molecular formula is C11H20N2O2. The largest absolute Gasteiger partial charge is 0.373 e. The molecule has 0 unspecified atom stereocenters. The van der Waals surface area contributed by atoms with Crippen molar-refractivity contribution in [2.24, 2.45) is 11.1 Å². The van der Waals surface area contributed by atoms with Crippen LogP contribution in [0.15, 0.2) is 10.6 Å². The van der Waals surface area contributed by atoms with Crippen LogP contribution in [0, 0.1) is 5.41 Å². The number of ether oxygens (including phenoxy) is 1. The van der Waals surface area contributed by atoms with Crippen LogP contribution < -0.4 is 5.73 Å². The first kappa shape index (κ1) is 12.2. The zero-order valence-electron chi connectivity index (χ0n) is 9.75. The third-order valence-electron chi connectivity index (χ3n) is 2.06. The molecule has 1 aromatic rings. The van der Waals surface area contributed by atoms with Gasteiger partial charge in [-0.05, 0) is 11.8 Å². The maximum atomic E-state index is 5.48. The van der Waals surface area contributed by atoms with Gasteiger partial charge in [-0.25, -0.2) is 0 Å². The van der Waals surface area contributed by atoms with Crippen molar-refractivity contribution in [3.05, 3.63) is 17.5 Å². The molecule has 0 aliphatic heterocycles. The minimum absolute atomic E-state index is 0.309. The maximum absolute atomic E-state index is 5.48. The van der Waals surface area contributed by atoms with Gasteiger partial charge in [0.2, 0.25) is 0 Å². The number of aromatic nitrogens is 1. The molecule has 4 heteroatoms. The summed E-state index contributed by atoms with van der Waals surface area (Å²) in [5, 5.41) is 3.78. The van der Waals surface area contributed by atoms with E-state index in [1.807, 2.05) is 6.07 Å². The standard InChI is InChI=1S/C11H20N2O2/c1-11(2,3)4-5-14-8-10-6-9(7-12)13-15-10/h6H,4-5,7-8,12H2,1-3H3. The number of nitrogens with zero attached hydrogens (tertiary/aromatic N) is 1. The normalized spacial score (nSPS) is 12.0. The Morgan fingerprint density at radius 2 is 2.20 bits per heavy atom. The molecule has 0 aliphatic rings. The average molecular weight is 212 g/mol. The summed E-state index contributed by atoms with van der Waals surface area (Å²) in [5.74, 6) is 0.740. The van der Waals surface area contributed by atoms with Gasteiger partial charge in [0.25, 0.3) is 0 Å². The highest BCUT2D eigenvalue weighted by molar-refractivity contribution is 5.03. The van der Waals surface area contributed by atoms with E-state index in [0.29, 0.717) is 18.6 Å². The van der Waals surface area contributed by atoms with Crippen LogP contribution >= 0.6 is 0 Å². The van der Waals surface area contributed by atoms with E-state index in [9.17, 15) is 0 Å². The summed E-state index contributed by atoms with van der Waals surface area (Å²) < 4.78 is 10.5. The third kappa shape index (κ3) is 4.95. The minimum atomic E-state index is 0.309. The molecule has 0 saturated carbocycles. The summed E-state index contributed by atoms with van der Waals surface area (Å²) in [7, 11) is 0. The number of hydrogen-bond donors (Lipinski definition) is 1. The monoisotopic (exact) mass is 212 g/mol. The molecular weight excluding hydrogens is 192 g/mol. The second-order valence-corrected chi connectivity index (χ2v) is 4.85. The van der Waals surface area contributed by atoms with Crippen LogP contribution in [0.2, 0.25) is 0 Å². The zero-order chi connectivity index (χ0) is 11.3. The molecule has 0 saturated heterocycles. The van der Waals surface area contributed by atoms with Gasteiger partial charge < -0.3 is 15.0 Å². The van der Waals surface area contributed by atoms with Gasteiger partial charge in [-0.3, -0.25) is 0 Å². The maximum Gasteiger partial charge on any atom is 0.162 e. The number of rotatable bonds is 5. The van der Waals surface area contributed by atoms with Gasteiger partial charge in [-0.15, -0.1) is 0 Å². The third-order valence-corrected chi connectivity index (χ3v) is 2.06. The first-order valence-corrected chi connectivity index (χ1v) is 5.23. The second-order valence-electron chi connectivity index (χ2n) is 4.85. The molecule has 0 aliphatic carbocycles. The lowest BCUT2D eigenvalue weighted by atomic mass is 9.93. The van der Waals surface area contributed by atoms with Crippen molar-refractivity contribution in [2.75, 3.05) is 6.61 Å². The highest BCUT2D eigenvalue weighted by Crippen LogP contribution is 2.18. The van der Waals surface area contributed by atoms with E-state index in [2.05, 4.69) is 25.9 Å².